The first-order chi connectivity index (χ1) is 9.31. The number of nitrogens with two attached hydrogens (primary N) is 1. The van der Waals surface area contributed by atoms with Crippen LogP contribution < -0.4 is 10.6 Å². The second-order valence-corrected chi connectivity index (χ2v) is 4.36. The van der Waals surface area contributed by atoms with Crippen molar-refractivity contribution in [2.75, 3.05) is 18.0 Å². The fourth-order valence-electron chi connectivity index (χ4n) is 1.97. The van der Waals surface area contributed by atoms with E-state index >= 15 is 0 Å². The maximum Gasteiger partial charge on any atom is 0.406 e. The van der Waals surface area contributed by atoms with Gasteiger partial charge < -0.3 is 10.6 Å². The van der Waals surface area contributed by atoms with Crippen molar-refractivity contribution < 1.29 is 22.8 Å². The molecule has 2 N–H and O–H groups in total. The van der Waals surface area contributed by atoms with Crippen molar-refractivity contribution in [1.29, 1.82) is 0 Å². The summed E-state index contributed by atoms with van der Waals surface area (Å²) in [6, 6.07) is 5.30. The summed E-state index contributed by atoms with van der Waals surface area (Å²) < 4.78 is 36.9. The summed E-state index contributed by atoms with van der Waals surface area (Å²) in [5.74, 6) is -0.687. The predicted octanol–water partition coefficient (Wildman–Crippen LogP) is 1.48. The lowest BCUT2D eigenvalue weighted by Gasteiger charge is -2.18. The first kappa shape index (κ1) is 14.3. The Hall–Kier alpha value is -2.09. The number of anilines is 1. The van der Waals surface area contributed by atoms with Crippen molar-refractivity contribution >= 4 is 17.6 Å². The smallest absolute Gasteiger partial charge is 0.326 e. The third-order valence-electron chi connectivity index (χ3n) is 2.81. The molecule has 0 aromatic heterocycles. The summed E-state index contributed by atoms with van der Waals surface area (Å²) >= 11 is 0. The zero-order chi connectivity index (χ0) is 14.9. The van der Waals surface area contributed by atoms with Crippen molar-refractivity contribution in [2.24, 2.45) is 5.73 Å². The number of halogens is 3. The lowest BCUT2D eigenvalue weighted by molar-refractivity contribution is -0.139. The van der Waals surface area contributed by atoms with Crippen LogP contribution in [0, 0.1) is 0 Å². The zero-order valence-electron chi connectivity index (χ0n) is 10.4. The largest absolute Gasteiger partial charge is 0.406 e. The van der Waals surface area contributed by atoms with Crippen LogP contribution in [0.4, 0.5) is 23.7 Å². The number of amides is 3. The fourth-order valence-corrected chi connectivity index (χ4v) is 1.97. The normalized spacial score (nSPS) is 16.2. The highest BCUT2D eigenvalue weighted by Crippen LogP contribution is 2.25. The minimum atomic E-state index is -4.54. The van der Waals surface area contributed by atoms with Gasteiger partial charge in [-0.25, -0.2) is 9.69 Å². The van der Waals surface area contributed by atoms with Crippen LogP contribution in [0.25, 0.3) is 0 Å². The van der Waals surface area contributed by atoms with E-state index in [-0.39, 0.29) is 12.2 Å². The van der Waals surface area contributed by atoms with E-state index in [1.807, 2.05) is 0 Å². The quantitative estimate of drug-likeness (QED) is 0.856. The molecule has 0 saturated carbocycles. The Morgan fingerprint density at radius 2 is 1.95 bits per heavy atom. The molecule has 1 aromatic carbocycles. The molecule has 3 amide bonds. The van der Waals surface area contributed by atoms with Crippen molar-refractivity contribution in [3.63, 3.8) is 0 Å². The van der Waals surface area contributed by atoms with E-state index in [0.29, 0.717) is 10.5 Å². The zero-order valence-corrected chi connectivity index (χ0v) is 10.4. The van der Waals surface area contributed by atoms with E-state index < -0.39 is 31.2 Å². The molecule has 108 valence electrons. The number of hydrogen-bond acceptors (Lipinski definition) is 3. The van der Waals surface area contributed by atoms with Gasteiger partial charge in [0.2, 0.25) is 0 Å². The molecule has 1 aliphatic heterocycles. The standard InChI is InChI=1S/C12H12F3N3O2/c13-12(14,15)7-17-6-10(19)18(11(17)20)9-3-1-2-8(4-9)5-16/h1-4H,5-7,16H2. The van der Waals surface area contributed by atoms with Crippen molar-refractivity contribution in [1.82, 2.24) is 4.90 Å². The number of nitrogens with zero attached hydrogens (tertiary/aromatic N) is 2. The number of carbonyl (C=O) groups is 2. The summed E-state index contributed by atoms with van der Waals surface area (Å²) in [4.78, 5) is 24.9. The third kappa shape index (κ3) is 2.90. The second-order valence-electron chi connectivity index (χ2n) is 4.36. The van der Waals surface area contributed by atoms with Crippen LogP contribution in [0.1, 0.15) is 5.56 Å². The summed E-state index contributed by atoms with van der Waals surface area (Å²) in [6.07, 6.45) is -4.54. The van der Waals surface area contributed by atoms with Crippen LogP contribution in [-0.4, -0.2) is 36.1 Å². The topological polar surface area (TPSA) is 66.6 Å². The van der Waals surface area contributed by atoms with Gasteiger partial charge in [-0.2, -0.15) is 13.2 Å². The predicted molar refractivity (Wildman–Crippen MR) is 64.8 cm³/mol. The number of hydrogen-bond donors (Lipinski definition) is 1. The maximum absolute atomic E-state index is 12.3. The molecule has 1 fully saturated rings. The van der Waals surface area contributed by atoms with Gasteiger partial charge in [0.05, 0.1) is 5.69 Å². The second kappa shape index (κ2) is 5.12. The molecule has 1 aliphatic rings. The average Bonchev–Trinajstić information content (AvgIpc) is 2.62. The minimum Gasteiger partial charge on any atom is -0.326 e. The summed E-state index contributed by atoms with van der Waals surface area (Å²) in [5.41, 5.74) is 6.36. The van der Waals surface area contributed by atoms with Crippen LogP contribution in [0.15, 0.2) is 24.3 Å². The molecule has 1 heterocycles. The van der Waals surface area contributed by atoms with E-state index in [2.05, 4.69) is 0 Å². The van der Waals surface area contributed by atoms with Gasteiger partial charge in [-0.1, -0.05) is 12.1 Å². The Kier molecular flexibility index (Phi) is 3.67. The molecule has 0 aliphatic carbocycles. The van der Waals surface area contributed by atoms with E-state index in [1.54, 1.807) is 12.1 Å². The Morgan fingerprint density at radius 3 is 2.55 bits per heavy atom. The van der Waals surface area contributed by atoms with Gasteiger partial charge in [-0.15, -0.1) is 0 Å². The van der Waals surface area contributed by atoms with E-state index in [1.165, 1.54) is 12.1 Å². The molecule has 0 radical (unpaired) electrons. The number of alkyl halides is 3. The lowest BCUT2D eigenvalue weighted by Crippen LogP contribution is -2.38. The maximum atomic E-state index is 12.3. The highest BCUT2D eigenvalue weighted by atomic mass is 19.4. The van der Waals surface area contributed by atoms with Gasteiger partial charge in [0.1, 0.15) is 13.1 Å². The van der Waals surface area contributed by atoms with Gasteiger partial charge in [-0.3, -0.25) is 4.79 Å². The van der Waals surface area contributed by atoms with Crippen LogP contribution in [0.3, 0.4) is 0 Å². The summed E-state index contributed by atoms with van der Waals surface area (Å²) in [6.45, 7) is -1.81. The highest BCUT2D eigenvalue weighted by Gasteiger charge is 2.42. The Balaban J connectivity index is 2.24. The fraction of sp³-hybridized carbons (Fsp3) is 0.333. The molecule has 0 atom stereocenters. The van der Waals surface area contributed by atoms with E-state index in [4.69, 9.17) is 5.73 Å². The molecular weight excluding hydrogens is 275 g/mol. The molecule has 0 unspecified atom stereocenters. The molecule has 1 saturated heterocycles. The van der Waals surface area contributed by atoms with Gasteiger partial charge in [0.15, 0.2) is 0 Å². The number of benzene rings is 1. The van der Waals surface area contributed by atoms with E-state index in [0.717, 1.165) is 4.90 Å². The van der Waals surface area contributed by atoms with Crippen LogP contribution in [0.2, 0.25) is 0 Å². The molecule has 2 rings (SSSR count). The van der Waals surface area contributed by atoms with E-state index in [9.17, 15) is 22.8 Å². The van der Waals surface area contributed by atoms with Gasteiger partial charge in [-0.05, 0) is 17.7 Å². The number of rotatable bonds is 3. The Labute approximate surface area is 112 Å². The number of urea groups is 1. The van der Waals surface area contributed by atoms with Gasteiger partial charge in [0, 0.05) is 6.54 Å². The average molecular weight is 287 g/mol. The molecule has 20 heavy (non-hydrogen) atoms. The molecule has 1 aromatic rings. The van der Waals surface area contributed by atoms with Crippen molar-refractivity contribution in [3.8, 4) is 0 Å². The Morgan fingerprint density at radius 1 is 1.25 bits per heavy atom. The molecule has 0 bridgehead atoms. The highest BCUT2D eigenvalue weighted by molar-refractivity contribution is 6.19. The molecule has 0 spiro atoms. The molecule has 8 heteroatoms. The number of carbonyl (C=O) groups excluding carboxylic acids is 2. The van der Waals surface area contributed by atoms with Crippen molar-refractivity contribution in [2.45, 2.75) is 12.7 Å². The first-order valence-corrected chi connectivity index (χ1v) is 5.79. The Bertz CT molecular complexity index is 545. The third-order valence-corrected chi connectivity index (χ3v) is 2.81. The number of imide groups is 1. The molecule has 5 nitrogen and oxygen atoms in total. The first-order valence-electron chi connectivity index (χ1n) is 5.79. The van der Waals surface area contributed by atoms with Crippen LogP contribution in [-0.2, 0) is 11.3 Å². The summed E-state index contributed by atoms with van der Waals surface area (Å²) in [7, 11) is 0. The lowest BCUT2D eigenvalue weighted by atomic mass is 10.2. The monoisotopic (exact) mass is 287 g/mol. The van der Waals surface area contributed by atoms with Crippen LogP contribution >= 0.6 is 0 Å². The van der Waals surface area contributed by atoms with Gasteiger partial charge >= 0.3 is 12.2 Å². The SMILES string of the molecule is NCc1cccc(N2C(=O)CN(CC(F)(F)F)C2=O)c1. The van der Waals surface area contributed by atoms with Crippen LogP contribution in [0.5, 0.6) is 0 Å². The summed E-state index contributed by atoms with van der Waals surface area (Å²) in [5, 5.41) is 0. The van der Waals surface area contributed by atoms with Gasteiger partial charge in [0.25, 0.3) is 5.91 Å². The van der Waals surface area contributed by atoms with Crippen molar-refractivity contribution in [3.05, 3.63) is 29.8 Å². The minimum absolute atomic E-state index is 0.205. The molecular formula is C12H12F3N3O2.